The predicted octanol–water partition coefficient (Wildman–Crippen LogP) is 1.43. The molecule has 6 nitrogen and oxygen atoms in total. The fourth-order valence-corrected chi connectivity index (χ4v) is 3.36. The summed E-state index contributed by atoms with van der Waals surface area (Å²) in [5, 5.41) is 20.3. The lowest BCUT2D eigenvalue weighted by atomic mass is 9.99. The molecular weight excluding hydrogens is 336 g/mol. The molecule has 0 radical (unpaired) electrons. The molecule has 6 heteroatoms. The lowest BCUT2D eigenvalue weighted by Crippen LogP contribution is -2.47. The Morgan fingerprint density at radius 3 is 2.23 bits per heavy atom. The zero-order valence-corrected chi connectivity index (χ0v) is 15.5. The molecule has 3 rings (SSSR count). The maximum Gasteiger partial charge on any atom is 0.164 e. The average Bonchev–Trinajstić information content (AvgIpc) is 3.08. The quantitative estimate of drug-likeness (QED) is 0.792. The van der Waals surface area contributed by atoms with E-state index in [1.54, 1.807) is 27.7 Å². The van der Waals surface area contributed by atoms with Crippen LogP contribution in [0.15, 0.2) is 30.3 Å². The summed E-state index contributed by atoms with van der Waals surface area (Å²) in [6.45, 7) is 6.87. The average molecular weight is 362 g/mol. The second kappa shape index (κ2) is 7.28. The monoisotopic (exact) mass is 362 g/mol. The van der Waals surface area contributed by atoms with Gasteiger partial charge in [0.25, 0.3) is 0 Å². The van der Waals surface area contributed by atoms with Crippen LogP contribution in [0.3, 0.4) is 0 Å². The Morgan fingerprint density at radius 1 is 0.962 bits per heavy atom. The molecule has 0 spiro atoms. The molecule has 0 saturated carbocycles. The van der Waals surface area contributed by atoms with Crippen molar-refractivity contribution in [3.8, 4) is 11.8 Å². The summed E-state index contributed by atoms with van der Waals surface area (Å²) in [5.41, 5.74) is 0.802. The minimum atomic E-state index is -1.08. The van der Waals surface area contributed by atoms with E-state index in [-0.39, 0.29) is 6.61 Å². The molecule has 142 valence electrons. The molecule has 2 saturated heterocycles. The van der Waals surface area contributed by atoms with Crippen LogP contribution in [0.1, 0.15) is 33.3 Å². The van der Waals surface area contributed by atoms with Crippen molar-refractivity contribution in [1.82, 2.24) is 0 Å². The first-order valence-electron chi connectivity index (χ1n) is 8.77. The van der Waals surface area contributed by atoms with E-state index in [1.807, 2.05) is 30.3 Å². The second-order valence-electron chi connectivity index (χ2n) is 7.47. The molecule has 0 amide bonds. The van der Waals surface area contributed by atoms with Gasteiger partial charge in [0.2, 0.25) is 0 Å². The van der Waals surface area contributed by atoms with Crippen molar-refractivity contribution in [3.63, 3.8) is 0 Å². The van der Waals surface area contributed by atoms with Crippen LogP contribution in [-0.4, -0.2) is 58.9 Å². The first-order chi connectivity index (χ1) is 12.2. The fraction of sp³-hybridized carbons (Fsp3) is 0.600. The van der Waals surface area contributed by atoms with Crippen LogP contribution in [0.25, 0.3) is 0 Å². The number of hydrogen-bond acceptors (Lipinski definition) is 6. The molecule has 0 bridgehead atoms. The largest absolute Gasteiger partial charge is 0.394 e. The van der Waals surface area contributed by atoms with E-state index in [0.29, 0.717) is 0 Å². The van der Waals surface area contributed by atoms with Crippen LogP contribution in [0.5, 0.6) is 0 Å². The fourth-order valence-electron chi connectivity index (χ4n) is 3.36. The van der Waals surface area contributed by atoms with Crippen molar-refractivity contribution in [2.24, 2.45) is 0 Å². The Balaban J connectivity index is 1.81. The Morgan fingerprint density at radius 2 is 1.58 bits per heavy atom. The molecule has 2 N–H and O–H groups in total. The highest BCUT2D eigenvalue weighted by Crippen LogP contribution is 2.39. The molecule has 2 aliphatic heterocycles. The number of hydrogen-bond donors (Lipinski definition) is 2. The van der Waals surface area contributed by atoms with E-state index in [9.17, 15) is 10.2 Å². The number of aliphatic hydroxyl groups is 2. The van der Waals surface area contributed by atoms with Gasteiger partial charge in [-0.25, -0.2) is 0 Å². The number of aliphatic hydroxyl groups excluding tert-OH is 2. The smallest absolute Gasteiger partial charge is 0.164 e. The van der Waals surface area contributed by atoms with Crippen molar-refractivity contribution in [1.29, 1.82) is 0 Å². The summed E-state index contributed by atoms with van der Waals surface area (Å²) in [7, 11) is 0. The maximum atomic E-state index is 10.6. The standard InChI is InChI=1S/C20H26O6/c1-19(2)23-15(12-21)17(25-19)18-16(24-20(3,4)26-18)14(22)11-10-13-8-6-5-7-9-13/h5-9,14-18,21-22H,12H2,1-4H3/t14-,15+,16-,17+,18+/m0/s1. The summed E-state index contributed by atoms with van der Waals surface area (Å²) in [5.74, 6) is 4.02. The van der Waals surface area contributed by atoms with E-state index >= 15 is 0 Å². The first kappa shape index (κ1) is 19.3. The van der Waals surface area contributed by atoms with E-state index in [2.05, 4.69) is 11.8 Å². The number of benzene rings is 1. The van der Waals surface area contributed by atoms with Gasteiger partial charge in [0.1, 0.15) is 30.5 Å². The molecule has 2 heterocycles. The van der Waals surface area contributed by atoms with Crippen LogP contribution >= 0.6 is 0 Å². The van der Waals surface area contributed by atoms with E-state index in [4.69, 9.17) is 18.9 Å². The van der Waals surface area contributed by atoms with Gasteiger partial charge in [0.15, 0.2) is 11.6 Å². The molecule has 0 unspecified atom stereocenters. The van der Waals surface area contributed by atoms with Gasteiger partial charge in [0, 0.05) is 5.56 Å². The summed E-state index contributed by atoms with van der Waals surface area (Å²) in [4.78, 5) is 0. The third-order valence-electron chi connectivity index (χ3n) is 4.34. The van der Waals surface area contributed by atoms with Gasteiger partial charge in [-0.15, -0.1) is 0 Å². The van der Waals surface area contributed by atoms with Gasteiger partial charge in [-0.1, -0.05) is 30.0 Å². The third-order valence-corrected chi connectivity index (χ3v) is 4.34. The molecule has 0 aliphatic carbocycles. The minimum absolute atomic E-state index is 0.215. The van der Waals surface area contributed by atoms with E-state index < -0.39 is 42.1 Å². The number of ether oxygens (including phenoxy) is 4. The van der Waals surface area contributed by atoms with Crippen LogP contribution < -0.4 is 0 Å². The SMILES string of the molecule is CC1(C)O[C@@H]([C@@H]2OC(C)(C)O[C@@H]2CO)[C@H]([C@@H](O)C#Cc2ccccc2)O1. The highest BCUT2D eigenvalue weighted by atomic mass is 16.8. The lowest BCUT2D eigenvalue weighted by molar-refractivity contribution is -0.175. The van der Waals surface area contributed by atoms with Crippen molar-refractivity contribution < 1.29 is 29.2 Å². The van der Waals surface area contributed by atoms with E-state index in [0.717, 1.165) is 5.56 Å². The van der Waals surface area contributed by atoms with Crippen LogP contribution in [0.4, 0.5) is 0 Å². The van der Waals surface area contributed by atoms with Crippen LogP contribution in [0, 0.1) is 11.8 Å². The topological polar surface area (TPSA) is 77.4 Å². The second-order valence-corrected chi connectivity index (χ2v) is 7.47. The third kappa shape index (κ3) is 4.26. The maximum absolute atomic E-state index is 10.6. The number of rotatable bonds is 3. The summed E-state index contributed by atoms with van der Waals surface area (Å²) < 4.78 is 23.5. The molecular formula is C20H26O6. The van der Waals surface area contributed by atoms with Gasteiger partial charge < -0.3 is 29.2 Å². The predicted molar refractivity (Wildman–Crippen MR) is 94.1 cm³/mol. The van der Waals surface area contributed by atoms with E-state index in [1.165, 1.54) is 0 Å². The summed E-state index contributed by atoms with van der Waals surface area (Å²) >= 11 is 0. The Labute approximate surface area is 154 Å². The van der Waals surface area contributed by atoms with Gasteiger partial charge in [-0.05, 0) is 39.8 Å². The molecule has 5 atom stereocenters. The summed E-state index contributed by atoms with van der Waals surface area (Å²) in [6, 6.07) is 9.41. The minimum Gasteiger partial charge on any atom is -0.394 e. The molecule has 2 fully saturated rings. The Bertz CT molecular complexity index is 675. The van der Waals surface area contributed by atoms with Gasteiger partial charge in [-0.3, -0.25) is 0 Å². The molecule has 2 aliphatic rings. The van der Waals surface area contributed by atoms with Crippen LogP contribution in [0.2, 0.25) is 0 Å². The first-order valence-corrected chi connectivity index (χ1v) is 8.77. The zero-order chi connectivity index (χ0) is 18.9. The van der Waals surface area contributed by atoms with Crippen molar-refractivity contribution in [2.75, 3.05) is 6.61 Å². The Kier molecular flexibility index (Phi) is 5.40. The normalized spacial score (nSPS) is 33.5. The van der Waals surface area contributed by atoms with Crippen molar-refractivity contribution in [2.45, 2.75) is 69.8 Å². The highest BCUT2D eigenvalue weighted by molar-refractivity contribution is 5.34. The van der Waals surface area contributed by atoms with Crippen molar-refractivity contribution in [3.05, 3.63) is 35.9 Å². The molecule has 1 aromatic carbocycles. The highest BCUT2D eigenvalue weighted by Gasteiger charge is 2.55. The van der Waals surface area contributed by atoms with Crippen LogP contribution in [-0.2, 0) is 18.9 Å². The van der Waals surface area contributed by atoms with Gasteiger partial charge >= 0.3 is 0 Å². The van der Waals surface area contributed by atoms with Gasteiger partial charge in [0.05, 0.1) is 6.61 Å². The van der Waals surface area contributed by atoms with Crippen molar-refractivity contribution >= 4 is 0 Å². The lowest BCUT2D eigenvalue weighted by Gasteiger charge is -2.26. The van der Waals surface area contributed by atoms with Gasteiger partial charge in [-0.2, -0.15) is 0 Å². The Hall–Kier alpha value is -1.46. The summed E-state index contributed by atoms with van der Waals surface area (Å²) in [6.07, 6.45) is -3.56. The zero-order valence-electron chi connectivity index (χ0n) is 15.5. The molecule has 26 heavy (non-hydrogen) atoms. The molecule has 1 aromatic rings. The molecule has 0 aromatic heterocycles.